The number of benzene rings is 1. The number of hydrogen-bond donors (Lipinski definition) is 0. The smallest absolute Gasteiger partial charge is 0.243 e. The summed E-state index contributed by atoms with van der Waals surface area (Å²) < 4.78 is 0. The highest BCUT2D eigenvalue weighted by Gasteiger charge is 2.34. The molecule has 0 bridgehead atoms. The van der Waals surface area contributed by atoms with Gasteiger partial charge in [0.05, 0.1) is 6.04 Å². The Morgan fingerprint density at radius 3 is 2.27 bits per heavy atom. The normalized spacial score (nSPS) is 15.9. The van der Waals surface area contributed by atoms with Crippen molar-refractivity contribution >= 4 is 23.2 Å². The molecule has 1 aliphatic heterocycles. The standard InChI is InChI=1S/C32H48N2O2S/c1-5-7-8-9-10-11-12-13-14-15-30(35)34(26(4)6-2)24-31(36)33-22-20-29-28(21-23-37-29)32(33)27-18-16-25(3)17-19-27/h16-19,21,23,26,32H,5-15,20,22,24H2,1-4H3. The zero-order valence-electron chi connectivity index (χ0n) is 23.6. The molecule has 1 aromatic carbocycles. The first kappa shape index (κ1) is 29.4. The molecule has 2 amide bonds. The molecule has 0 saturated heterocycles. The zero-order valence-corrected chi connectivity index (χ0v) is 24.5. The number of carbonyl (C=O) groups is 2. The summed E-state index contributed by atoms with van der Waals surface area (Å²) in [5.74, 6) is 0.189. The third-order valence-corrected chi connectivity index (χ3v) is 8.92. The van der Waals surface area contributed by atoms with Gasteiger partial charge in [-0.05, 0) is 55.7 Å². The molecule has 2 aromatic rings. The molecule has 37 heavy (non-hydrogen) atoms. The van der Waals surface area contributed by atoms with Gasteiger partial charge in [-0.2, -0.15) is 0 Å². The van der Waals surface area contributed by atoms with Crippen LogP contribution in [0.1, 0.15) is 119 Å². The quantitative estimate of drug-likeness (QED) is 0.221. The minimum atomic E-state index is -0.0747. The lowest BCUT2D eigenvalue weighted by Gasteiger charge is -2.38. The van der Waals surface area contributed by atoms with Crippen molar-refractivity contribution in [3.8, 4) is 0 Å². The summed E-state index contributed by atoms with van der Waals surface area (Å²) >= 11 is 1.78. The van der Waals surface area contributed by atoms with Crippen molar-refractivity contribution in [1.82, 2.24) is 9.80 Å². The Labute approximate surface area is 229 Å². The number of thiophene rings is 1. The summed E-state index contributed by atoms with van der Waals surface area (Å²) in [7, 11) is 0. The Hall–Kier alpha value is -2.14. The third kappa shape index (κ3) is 8.43. The van der Waals surface area contributed by atoms with E-state index in [0.29, 0.717) is 13.0 Å². The van der Waals surface area contributed by atoms with Crippen LogP contribution in [0.2, 0.25) is 0 Å². The minimum absolute atomic E-state index is 0.0585. The van der Waals surface area contributed by atoms with Crippen molar-refractivity contribution in [2.75, 3.05) is 13.1 Å². The number of carbonyl (C=O) groups excluding carboxylic acids is 2. The molecule has 0 aliphatic carbocycles. The number of aryl methyl sites for hydroxylation is 1. The van der Waals surface area contributed by atoms with Crippen LogP contribution >= 0.6 is 11.3 Å². The van der Waals surface area contributed by atoms with Crippen molar-refractivity contribution in [3.63, 3.8) is 0 Å². The summed E-state index contributed by atoms with van der Waals surface area (Å²) in [6, 6.07) is 10.7. The molecule has 5 heteroatoms. The first-order valence-electron chi connectivity index (χ1n) is 14.7. The van der Waals surface area contributed by atoms with Gasteiger partial charge >= 0.3 is 0 Å². The molecule has 0 radical (unpaired) electrons. The van der Waals surface area contributed by atoms with E-state index >= 15 is 0 Å². The van der Waals surface area contributed by atoms with E-state index in [2.05, 4.69) is 63.4 Å². The van der Waals surface area contributed by atoms with Crippen LogP contribution in [0.4, 0.5) is 0 Å². The molecular formula is C32H48N2O2S. The van der Waals surface area contributed by atoms with E-state index in [-0.39, 0.29) is 30.4 Å². The summed E-state index contributed by atoms with van der Waals surface area (Å²) in [6.07, 6.45) is 13.4. The lowest BCUT2D eigenvalue weighted by Crippen LogP contribution is -2.49. The second-order valence-electron chi connectivity index (χ2n) is 10.8. The van der Waals surface area contributed by atoms with Crippen molar-refractivity contribution in [3.05, 3.63) is 57.3 Å². The number of hydrogen-bond acceptors (Lipinski definition) is 3. The molecule has 0 saturated carbocycles. The first-order valence-corrected chi connectivity index (χ1v) is 15.6. The first-order chi connectivity index (χ1) is 18.0. The molecule has 2 heterocycles. The highest BCUT2D eigenvalue weighted by molar-refractivity contribution is 7.10. The molecule has 1 aromatic heterocycles. The Kier molecular flexibility index (Phi) is 12.2. The van der Waals surface area contributed by atoms with E-state index in [4.69, 9.17) is 0 Å². The highest BCUT2D eigenvalue weighted by Crippen LogP contribution is 2.38. The number of fused-ring (bicyclic) bond motifs is 1. The molecule has 3 rings (SSSR count). The number of nitrogens with zero attached hydrogens (tertiary/aromatic N) is 2. The fourth-order valence-electron chi connectivity index (χ4n) is 5.37. The minimum Gasteiger partial charge on any atom is -0.331 e. The van der Waals surface area contributed by atoms with Crippen LogP contribution in [0.15, 0.2) is 35.7 Å². The second-order valence-corrected chi connectivity index (χ2v) is 11.8. The Morgan fingerprint density at radius 2 is 1.62 bits per heavy atom. The maximum atomic E-state index is 13.8. The van der Waals surface area contributed by atoms with Crippen LogP contribution in [-0.4, -0.2) is 40.7 Å². The molecule has 0 fully saturated rings. The maximum Gasteiger partial charge on any atom is 0.243 e. The second kappa shape index (κ2) is 15.3. The average molecular weight is 525 g/mol. The van der Waals surface area contributed by atoms with E-state index in [1.807, 2.05) is 9.80 Å². The van der Waals surface area contributed by atoms with Crippen molar-refractivity contribution in [2.24, 2.45) is 0 Å². The van der Waals surface area contributed by atoms with Gasteiger partial charge in [-0.25, -0.2) is 0 Å². The Balaban J connectivity index is 1.60. The summed E-state index contributed by atoms with van der Waals surface area (Å²) in [5, 5.41) is 2.14. The SMILES string of the molecule is CCCCCCCCCCCC(=O)N(CC(=O)N1CCc2sccc2C1c1ccc(C)cc1)C(C)CC. The van der Waals surface area contributed by atoms with Gasteiger partial charge in [0, 0.05) is 23.9 Å². The Morgan fingerprint density at radius 1 is 0.973 bits per heavy atom. The molecular weight excluding hydrogens is 476 g/mol. The van der Waals surface area contributed by atoms with Crippen molar-refractivity contribution < 1.29 is 9.59 Å². The largest absolute Gasteiger partial charge is 0.331 e. The highest BCUT2D eigenvalue weighted by atomic mass is 32.1. The van der Waals surface area contributed by atoms with Crippen LogP contribution in [0.5, 0.6) is 0 Å². The van der Waals surface area contributed by atoms with Gasteiger partial charge in [0.25, 0.3) is 0 Å². The molecule has 1 aliphatic rings. The van der Waals surface area contributed by atoms with Crippen molar-refractivity contribution in [2.45, 2.75) is 117 Å². The van der Waals surface area contributed by atoms with Gasteiger partial charge in [0.1, 0.15) is 6.54 Å². The summed E-state index contributed by atoms with van der Waals surface area (Å²) in [6.45, 7) is 9.39. The lowest BCUT2D eigenvalue weighted by molar-refractivity contribution is -0.143. The van der Waals surface area contributed by atoms with Crippen LogP contribution in [-0.2, 0) is 16.0 Å². The summed E-state index contributed by atoms with van der Waals surface area (Å²) in [4.78, 5) is 32.3. The van der Waals surface area contributed by atoms with Crippen LogP contribution in [0, 0.1) is 6.92 Å². The molecule has 4 nitrogen and oxygen atoms in total. The molecule has 0 N–H and O–H groups in total. The van der Waals surface area contributed by atoms with Gasteiger partial charge < -0.3 is 9.80 Å². The predicted octanol–water partition coefficient (Wildman–Crippen LogP) is 8.08. The van der Waals surface area contributed by atoms with E-state index in [1.165, 1.54) is 60.9 Å². The van der Waals surface area contributed by atoms with Crippen molar-refractivity contribution in [1.29, 1.82) is 0 Å². The zero-order chi connectivity index (χ0) is 26.6. The number of unbranched alkanes of at least 4 members (excludes halogenated alkanes) is 8. The van der Waals surface area contributed by atoms with Gasteiger partial charge in [-0.15, -0.1) is 11.3 Å². The predicted molar refractivity (Wildman–Crippen MR) is 156 cm³/mol. The fraction of sp³-hybridized carbons (Fsp3) is 0.625. The van der Waals surface area contributed by atoms with E-state index in [1.54, 1.807) is 11.3 Å². The molecule has 0 spiro atoms. The van der Waals surface area contributed by atoms with E-state index in [9.17, 15) is 9.59 Å². The molecule has 2 atom stereocenters. The molecule has 2 unspecified atom stereocenters. The number of amides is 2. The topological polar surface area (TPSA) is 40.6 Å². The number of rotatable bonds is 15. The monoisotopic (exact) mass is 524 g/mol. The lowest BCUT2D eigenvalue weighted by atomic mass is 9.92. The Bertz CT molecular complexity index is 967. The van der Waals surface area contributed by atoms with Crippen LogP contribution < -0.4 is 0 Å². The van der Waals surface area contributed by atoms with Gasteiger partial charge in [-0.3, -0.25) is 9.59 Å². The third-order valence-electron chi connectivity index (χ3n) is 7.92. The average Bonchev–Trinajstić information content (AvgIpc) is 3.39. The van der Waals surface area contributed by atoms with Crippen LogP contribution in [0.3, 0.4) is 0 Å². The van der Waals surface area contributed by atoms with E-state index < -0.39 is 0 Å². The van der Waals surface area contributed by atoms with Gasteiger partial charge in [0.2, 0.25) is 11.8 Å². The van der Waals surface area contributed by atoms with Gasteiger partial charge in [0.15, 0.2) is 0 Å². The van der Waals surface area contributed by atoms with Crippen LogP contribution in [0.25, 0.3) is 0 Å². The van der Waals surface area contributed by atoms with Gasteiger partial charge in [-0.1, -0.05) is 95.0 Å². The summed E-state index contributed by atoms with van der Waals surface area (Å²) in [5.41, 5.74) is 3.60. The maximum absolute atomic E-state index is 13.8. The fourth-order valence-corrected chi connectivity index (χ4v) is 6.27. The molecule has 204 valence electrons. The van der Waals surface area contributed by atoms with E-state index in [0.717, 1.165) is 31.2 Å².